The highest BCUT2D eigenvalue weighted by atomic mass is 79.9. The first-order valence-electron chi connectivity index (χ1n) is 8.74. The van der Waals surface area contributed by atoms with Crippen molar-refractivity contribution >= 4 is 39.2 Å². The molecule has 1 aliphatic heterocycles. The van der Waals surface area contributed by atoms with Crippen LogP contribution in [0.5, 0.6) is 0 Å². The van der Waals surface area contributed by atoms with Gasteiger partial charge in [-0.15, -0.1) is 0 Å². The van der Waals surface area contributed by atoms with E-state index in [1.54, 1.807) is 42.5 Å². The average molecular weight is 417 g/mol. The standard InChI is InChI=1S/C20H21BrN2O3/c21-15-7-5-14(6-8-15)19(24)22-16-9-10-18(17(13-16)20(25)26)23-11-3-1-2-4-12-23/h5-10,13H,1-4,11-12H2,(H,22,24)(H,25,26). The van der Waals surface area contributed by atoms with Crippen molar-refractivity contribution in [3.05, 3.63) is 58.1 Å². The second-order valence-corrected chi connectivity index (χ2v) is 7.32. The molecule has 2 aromatic rings. The Hall–Kier alpha value is -2.34. The maximum Gasteiger partial charge on any atom is 0.337 e. The minimum atomic E-state index is -0.982. The molecule has 0 aliphatic carbocycles. The van der Waals surface area contributed by atoms with Gasteiger partial charge in [-0.05, 0) is 55.3 Å². The second kappa shape index (κ2) is 8.36. The van der Waals surface area contributed by atoms with Crippen LogP contribution in [0.3, 0.4) is 0 Å². The summed E-state index contributed by atoms with van der Waals surface area (Å²) in [5, 5.41) is 12.4. The first kappa shape index (κ1) is 18.5. The summed E-state index contributed by atoms with van der Waals surface area (Å²) in [7, 11) is 0. The van der Waals surface area contributed by atoms with Crippen molar-refractivity contribution in [2.45, 2.75) is 25.7 Å². The van der Waals surface area contributed by atoms with E-state index < -0.39 is 5.97 Å². The summed E-state index contributed by atoms with van der Waals surface area (Å²) >= 11 is 3.34. The molecule has 0 bridgehead atoms. The Labute approximate surface area is 161 Å². The van der Waals surface area contributed by atoms with Gasteiger partial charge in [0.15, 0.2) is 0 Å². The van der Waals surface area contributed by atoms with Crippen molar-refractivity contribution in [3.63, 3.8) is 0 Å². The van der Waals surface area contributed by atoms with Gasteiger partial charge >= 0.3 is 5.97 Å². The third-order valence-corrected chi connectivity index (χ3v) is 5.07. The van der Waals surface area contributed by atoms with E-state index in [0.29, 0.717) is 11.3 Å². The highest BCUT2D eigenvalue weighted by Crippen LogP contribution is 2.27. The number of rotatable bonds is 4. The van der Waals surface area contributed by atoms with Gasteiger partial charge in [0.1, 0.15) is 0 Å². The molecule has 1 fully saturated rings. The van der Waals surface area contributed by atoms with Crippen LogP contribution in [-0.4, -0.2) is 30.1 Å². The highest BCUT2D eigenvalue weighted by Gasteiger charge is 2.18. The van der Waals surface area contributed by atoms with Crippen molar-refractivity contribution in [2.75, 3.05) is 23.3 Å². The number of nitrogens with zero attached hydrogens (tertiary/aromatic N) is 1. The molecule has 0 spiro atoms. The molecule has 5 nitrogen and oxygen atoms in total. The van der Waals surface area contributed by atoms with Crippen LogP contribution in [0.2, 0.25) is 0 Å². The predicted octanol–water partition coefficient (Wildman–Crippen LogP) is 4.78. The number of carboxylic acid groups (broad SMARTS) is 1. The van der Waals surface area contributed by atoms with E-state index in [9.17, 15) is 14.7 Å². The molecule has 1 heterocycles. The maximum absolute atomic E-state index is 12.4. The second-order valence-electron chi connectivity index (χ2n) is 6.40. The molecule has 1 amide bonds. The minimum absolute atomic E-state index is 0.223. The molecule has 0 atom stereocenters. The third kappa shape index (κ3) is 4.43. The SMILES string of the molecule is O=C(Nc1ccc(N2CCCCCC2)c(C(=O)O)c1)c1ccc(Br)cc1. The zero-order valence-electron chi connectivity index (χ0n) is 14.4. The maximum atomic E-state index is 12.4. The summed E-state index contributed by atoms with van der Waals surface area (Å²) in [6.07, 6.45) is 4.50. The minimum Gasteiger partial charge on any atom is -0.478 e. The van der Waals surface area contributed by atoms with Crippen LogP contribution in [0.4, 0.5) is 11.4 Å². The number of carbonyl (C=O) groups is 2. The fourth-order valence-electron chi connectivity index (χ4n) is 3.18. The lowest BCUT2D eigenvalue weighted by Gasteiger charge is -2.24. The molecule has 1 saturated heterocycles. The molecule has 136 valence electrons. The number of amides is 1. The topological polar surface area (TPSA) is 69.6 Å². The van der Waals surface area contributed by atoms with Crippen molar-refractivity contribution < 1.29 is 14.7 Å². The van der Waals surface area contributed by atoms with E-state index >= 15 is 0 Å². The van der Waals surface area contributed by atoms with Gasteiger partial charge < -0.3 is 15.3 Å². The Bertz CT molecular complexity index is 797. The van der Waals surface area contributed by atoms with E-state index in [-0.39, 0.29) is 11.5 Å². The molecule has 1 aliphatic rings. The Morgan fingerprint density at radius 3 is 2.23 bits per heavy atom. The molecule has 3 rings (SSSR count). The summed E-state index contributed by atoms with van der Waals surface area (Å²) in [5.74, 6) is -1.25. The lowest BCUT2D eigenvalue weighted by Crippen LogP contribution is -2.26. The molecular weight excluding hydrogens is 396 g/mol. The molecule has 2 N–H and O–H groups in total. The van der Waals surface area contributed by atoms with Crippen LogP contribution >= 0.6 is 15.9 Å². The van der Waals surface area contributed by atoms with Crippen molar-refractivity contribution in [1.82, 2.24) is 0 Å². The van der Waals surface area contributed by atoms with Gasteiger partial charge in [-0.3, -0.25) is 4.79 Å². The molecule has 2 aromatic carbocycles. The molecule has 0 saturated carbocycles. The number of anilines is 2. The Balaban J connectivity index is 1.82. The highest BCUT2D eigenvalue weighted by molar-refractivity contribution is 9.10. The summed E-state index contributed by atoms with van der Waals surface area (Å²) < 4.78 is 0.893. The van der Waals surface area contributed by atoms with Gasteiger partial charge in [0.05, 0.1) is 11.3 Å². The summed E-state index contributed by atoms with van der Waals surface area (Å²) in [5.41, 5.74) is 1.94. The van der Waals surface area contributed by atoms with E-state index in [1.165, 1.54) is 12.8 Å². The summed E-state index contributed by atoms with van der Waals surface area (Å²) in [6, 6.07) is 12.1. The number of hydrogen-bond acceptors (Lipinski definition) is 3. The van der Waals surface area contributed by atoms with E-state index in [4.69, 9.17) is 0 Å². The van der Waals surface area contributed by atoms with Gasteiger partial charge in [0.2, 0.25) is 0 Å². The van der Waals surface area contributed by atoms with Crippen LogP contribution in [0.25, 0.3) is 0 Å². The first-order valence-corrected chi connectivity index (χ1v) is 9.53. The van der Waals surface area contributed by atoms with Crippen LogP contribution in [0, 0.1) is 0 Å². The normalized spacial score (nSPS) is 14.6. The Morgan fingerprint density at radius 2 is 1.62 bits per heavy atom. The summed E-state index contributed by atoms with van der Waals surface area (Å²) in [6.45, 7) is 1.73. The first-order chi connectivity index (χ1) is 12.5. The van der Waals surface area contributed by atoms with Crippen LogP contribution in [-0.2, 0) is 0 Å². The van der Waals surface area contributed by atoms with Gasteiger partial charge in [-0.1, -0.05) is 28.8 Å². The quantitative estimate of drug-likeness (QED) is 0.751. The van der Waals surface area contributed by atoms with Crippen LogP contribution < -0.4 is 10.2 Å². The smallest absolute Gasteiger partial charge is 0.337 e. The number of benzene rings is 2. The van der Waals surface area contributed by atoms with E-state index in [2.05, 4.69) is 26.1 Å². The van der Waals surface area contributed by atoms with Gasteiger partial charge in [0.25, 0.3) is 5.91 Å². The average Bonchev–Trinajstić information content (AvgIpc) is 2.91. The molecule has 6 heteroatoms. The monoisotopic (exact) mass is 416 g/mol. The fraction of sp³-hybridized carbons (Fsp3) is 0.300. The lowest BCUT2D eigenvalue weighted by molar-refractivity contribution is 0.0697. The van der Waals surface area contributed by atoms with Crippen LogP contribution in [0.1, 0.15) is 46.4 Å². The number of halogens is 1. The van der Waals surface area contributed by atoms with Gasteiger partial charge in [-0.25, -0.2) is 4.79 Å². The number of nitrogens with one attached hydrogen (secondary N) is 1. The van der Waals surface area contributed by atoms with Gasteiger partial charge in [-0.2, -0.15) is 0 Å². The predicted molar refractivity (Wildman–Crippen MR) is 106 cm³/mol. The molecule has 0 aromatic heterocycles. The number of carbonyl (C=O) groups excluding carboxylic acids is 1. The van der Waals surface area contributed by atoms with Crippen molar-refractivity contribution in [1.29, 1.82) is 0 Å². The van der Waals surface area contributed by atoms with Crippen molar-refractivity contribution in [3.8, 4) is 0 Å². The number of hydrogen-bond donors (Lipinski definition) is 2. The largest absolute Gasteiger partial charge is 0.478 e. The van der Waals surface area contributed by atoms with Crippen LogP contribution in [0.15, 0.2) is 46.9 Å². The van der Waals surface area contributed by atoms with Crippen molar-refractivity contribution in [2.24, 2.45) is 0 Å². The number of carboxylic acids is 1. The lowest BCUT2D eigenvalue weighted by atomic mass is 10.1. The molecule has 26 heavy (non-hydrogen) atoms. The summed E-state index contributed by atoms with van der Waals surface area (Å²) in [4.78, 5) is 26.2. The van der Waals surface area contributed by atoms with E-state index in [0.717, 1.165) is 36.1 Å². The molecule has 0 radical (unpaired) electrons. The zero-order valence-corrected chi connectivity index (χ0v) is 16.0. The van der Waals surface area contributed by atoms with Gasteiger partial charge in [0, 0.05) is 28.8 Å². The molecular formula is C20H21BrN2O3. The fourth-order valence-corrected chi connectivity index (χ4v) is 3.44. The Kier molecular flexibility index (Phi) is 5.93. The zero-order chi connectivity index (χ0) is 18.5. The number of aromatic carboxylic acids is 1. The molecule has 0 unspecified atom stereocenters. The van der Waals surface area contributed by atoms with E-state index in [1.807, 2.05) is 0 Å². The third-order valence-electron chi connectivity index (χ3n) is 4.54. The Morgan fingerprint density at radius 1 is 0.962 bits per heavy atom.